The molecule has 6 nitrogen and oxygen atoms in total. The number of anilines is 2. The van der Waals surface area contributed by atoms with Gasteiger partial charge in [-0.05, 0) is 60.7 Å². The topological polar surface area (TPSA) is 66.9 Å². The number of ether oxygens (including phenoxy) is 1. The van der Waals surface area contributed by atoms with Crippen LogP contribution in [-0.2, 0) is 9.53 Å². The van der Waals surface area contributed by atoms with Crippen molar-refractivity contribution < 1.29 is 27.9 Å². The largest absolute Gasteiger partial charge is 0.469 e. The predicted octanol–water partition coefficient (Wildman–Crippen LogP) is 5.09. The highest BCUT2D eigenvalue weighted by atomic mass is 19.1. The fourth-order valence-corrected chi connectivity index (χ4v) is 2.97. The van der Waals surface area contributed by atoms with E-state index in [4.69, 9.17) is 0 Å². The van der Waals surface area contributed by atoms with Crippen LogP contribution in [-0.4, -0.2) is 39.0 Å². The van der Waals surface area contributed by atoms with Gasteiger partial charge in [0.2, 0.25) is 0 Å². The monoisotopic (exact) mass is 468 g/mol. The predicted molar refractivity (Wildman–Crippen MR) is 127 cm³/mol. The molecular formula is C26H26F2N2O4. The van der Waals surface area contributed by atoms with Crippen LogP contribution in [0, 0.1) is 11.6 Å². The molecule has 3 rings (SSSR count). The summed E-state index contributed by atoms with van der Waals surface area (Å²) in [5, 5.41) is 0. The van der Waals surface area contributed by atoms with Crippen molar-refractivity contribution >= 4 is 29.2 Å². The van der Waals surface area contributed by atoms with Crippen LogP contribution in [0.25, 0.3) is 0 Å². The molecule has 0 heterocycles. The summed E-state index contributed by atoms with van der Waals surface area (Å²) in [6, 6.07) is 17.4. The Balaban J connectivity index is 0.000000604. The van der Waals surface area contributed by atoms with E-state index < -0.39 is 11.6 Å². The highest BCUT2D eigenvalue weighted by molar-refractivity contribution is 6.11. The van der Waals surface area contributed by atoms with E-state index in [2.05, 4.69) is 4.74 Å². The molecule has 0 fully saturated rings. The summed E-state index contributed by atoms with van der Waals surface area (Å²) in [4.78, 5) is 38.3. The molecule has 0 aliphatic carbocycles. The second-order valence-electron chi connectivity index (χ2n) is 7.16. The van der Waals surface area contributed by atoms with Crippen LogP contribution in [0.15, 0.2) is 72.8 Å². The maximum Gasteiger partial charge on any atom is 0.305 e. The number of methoxy groups -OCH3 is 1. The molecule has 0 spiro atoms. The van der Waals surface area contributed by atoms with Gasteiger partial charge in [-0.3, -0.25) is 14.4 Å². The van der Waals surface area contributed by atoms with Crippen LogP contribution in [0.5, 0.6) is 0 Å². The highest BCUT2D eigenvalue weighted by Gasteiger charge is 2.21. The van der Waals surface area contributed by atoms with Crippen LogP contribution < -0.4 is 9.80 Å². The number of halogens is 2. The number of hydrogen-bond acceptors (Lipinski definition) is 4. The number of esters is 1. The van der Waals surface area contributed by atoms with Crippen molar-refractivity contribution in [2.24, 2.45) is 0 Å². The minimum absolute atomic E-state index is 0.157. The summed E-state index contributed by atoms with van der Waals surface area (Å²) in [6.45, 7) is 1.76. The molecule has 0 aromatic heterocycles. The first kappa shape index (κ1) is 26.2. The second kappa shape index (κ2) is 12.2. The van der Waals surface area contributed by atoms with Crippen molar-refractivity contribution in [1.29, 1.82) is 0 Å². The molecule has 0 bridgehead atoms. The average Bonchev–Trinajstić information content (AvgIpc) is 2.87. The van der Waals surface area contributed by atoms with Gasteiger partial charge in [0.1, 0.15) is 11.6 Å². The second-order valence-corrected chi connectivity index (χ2v) is 7.16. The lowest BCUT2D eigenvalue weighted by molar-refractivity contribution is -0.140. The molecule has 0 saturated heterocycles. The summed E-state index contributed by atoms with van der Waals surface area (Å²) in [5.41, 5.74) is 1.67. The molecule has 8 heteroatoms. The zero-order chi connectivity index (χ0) is 25.3. The highest BCUT2D eigenvalue weighted by Crippen LogP contribution is 2.30. The third kappa shape index (κ3) is 6.71. The minimum atomic E-state index is -0.427. The van der Waals surface area contributed by atoms with E-state index in [0.717, 1.165) is 0 Å². The average molecular weight is 469 g/mol. The lowest BCUT2D eigenvalue weighted by Gasteiger charge is -2.26. The minimum Gasteiger partial charge on any atom is -0.469 e. The van der Waals surface area contributed by atoms with Gasteiger partial charge in [0.15, 0.2) is 0 Å². The van der Waals surface area contributed by atoms with Gasteiger partial charge < -0.3 is 14.5 Å². The maximum absolute atomic E-state index is 13.1. The van der Waals surface area contributed by atoms with E-state index >= 15 is 0 Å². The Morgan fingerprint density at radius 3 is 1.32 bits per heavy atom. The van der Waals surface area contributed by atoms with Gasteiger partial charge in [0.05, 0.1) is 18.5 Å². The molecule has 0 aliphatic rings. The first-order chi connectivity index (χ1) is 16.2. The fraction of sp³-hybridized carbons (Fsp3) is 0.192. The fourth-order valence-electron chi connectivity index (χ4n) is 2.97. The molecular weight excluding hydrogens is 442 g/mol. The SMILES string of the molecule is CCC(=O)OC.CN(C(=O)c1ccc(F)cc1)c1ccccc1N(C)C(=O)c1ccc(F)cc1. The van der Waals surface area contributed by atoms with Crippen LogP contribution in [0.1, 0.15) is 34.1 Å². The Morgan fingerprint density at radius 2 is 1.06 bits per heavy atom. The van der Waals surface area contributed by atoms with Crippen molar-refractivity contribution in [3.05, 3.63) is 95.6 Å². The number of carbonyl (C=O) groups excluding carboxylic acids is 3. The van der Waals surface area contributed by atoms with E-state index in [9.17, 15) is 23.2 Å². The van der Waals surface area contributed by atoms with Gasteiger partial charge in [-0.25, -0.2) is 8.78 Å². The van der Waals surface area contributed by atoms with Crippen LogP contribution >= 0.6 is 0 Å². The van der Waals surface area contributed by atoms with Gasteiger partial charge in [-0.2, -0.15) is 0 Å². The van der Waals surface area contributed by atoms with Gasteiger partial charge in [0.25, 0.3) is 11.8 Å². The van der Waals surface area contributed by atoms with Crippen molar-refractivity contribution in [2.45, 2.75) is 13.3 Å². The summed E-state index contributed by atoms with van der Waals surface area (Å²) in [6.07, 6.45) is 0.469. The molecule has 0 aliphatic heterocycles. The molecule has 3 aromatic carbocycles. The standard InChI is InChI=1S/C22H18F2N2O2.C4H8O2/c1-25(21(27)15-7-11-17(23)12-8-15)19-5-3-4-6-20(19)26(2)22(28)16-9-13-18(24)14-10-16;1-3-4(5)6-2/h3-14H,1-2H3;3H2,1-2H3. The zero-order valence-corrected chi connectivity index (χ0v) is 19.4. The Labute approximate surface area is 197 Å². The van der Waals surface area contributed by atoms with Crippen molar-refractivity contribution in [3.63, 3.8) is 0 Å². The molecule has 0 radical (unpaired) electrons. The Bertz CT molecular complexity index is 1040. The zero-order valence-electron chi connectivity index (χ0n) is 19.4. The number of para-hydroxylation sites is 2. The van der Waals surface area contributed by atoms with Crippen LogP contribution in [0.2, 0.25) is 0 Å². The Kier molecular flexibility index (Phi) is 9.43. The molecule has 3 aromatic rings. The van der Waals surface area contributed by atoms with Crippen molar-refractivity contribution in [3.8, 4) is 0 Å². The van der Waals surface area contributed by atoms with E-state index in [-0.39, 0.29) is 17.8 Å². The molecule has 0 atom stereocenters. The van der Waals surface area contributed by atoms with E-state index in [1.54, 1.807) is 45.3 Å². The molecule has 178 valence electrons. The molecule has 0 unspecified atom stereocenters. The number of benzene rings is 3. The summed E-state index contributed by atoms with van der Waals surface area (Å²) < 4.78 is 30.5. The summed E-state index contributed by atoms with van der Waals surface area (Å²) in [7, 11) is 4.55. The normalized spacial score (nSPS) is 9.94. The first-order valence-electron chi connectivity index (χ1n) is 10.4. The lowest BCUT2D eigenvalue weighted by atomic mass is 10.1. The van der Waals surface area contributed by atoms with Gasteiger partial charge in [-0.1, -0.05) is 19.1 Å². The van der Waals surface area contributed by atoms with Crippen LogP contribution in [0.3, 0.4) is 0 Å². The molecule has 2 amide bonds. The molecule has 34 heavy (non-hydrogen) atoms. The third-order valence-electron chi connectivity index (χ3n) is 4.91. The molecule has 0 N–H and O–H groups in total. The molecule has 0 saturated carbocycles. The number of hydrogen-bond donors (Lipinski definition) is 0. The van der Waals surface area contributed by atoms with E-state index in [0.29, 0.717) is 28.9 Å². The Morgan fingerprint density at radius 1 is 0.706 bits per heavy atom. The van der Waals surface area contributed by atoms with Gasteiger partial charge in [-0.15, -0.1) is 0 Å². The van der Waals surface area contributed by atoms with Crippen LogP contribution in [0.4, 0.5) is 20.2 Å². The van der Waals surface area contributed by atoms with Gasteiger partial charge >= 0.3 is 5.97 Å². The van der Waals surface area contributed by atoms with Crippen molar-refractivity contribution in [1.82, 2.24) is 0 Å². The first-order valence-corrected chi connectivity index (χ1v) is 10.4. The number of nitrogens with zero attached hydrogens (tertiary/aromatic N) is 2. The Hall–Kier alpha value is -4.07. The summed E-state index contributed by atoms with van der Waals surface area (Å²) in [5.74, 6) is -1.69. The maximum atomic E-state index is 13.1. The van der Waals surface area contributed by atoms with E-state index in [1.165, 1.54) is 65.4 Å². The lowest BCUT2D eigenvalue weighted by Crippen LogP contribution is -2.31. The van der Waals surface area contributed by atoms with E-state index in [1.807, 2.05) is 0 Å². The van der Waals surface area contributed by atoms with Gasteiger partial charge in [0, 0.05) is 31.6 Å². The number of rotatable bonds is 5. The number of carbonyl (C=O) groups is 3. The smallest absolute Gasteiger partial charge is 0.305 e. The number of amides is 2. The quantitative estimate of drug-likeness (QED) is 0.490. The summed E-state index contributed by atoms with van der Waals surface area (Å²) >= 11 is 0. The van der Waals surface area contributed by atoms with Crippen molar-refractivity contribution in [2.75, 3.05) is 31.0 Å². The third-order valence-corrected chi connectivity index (χ3v) is 4.91.